The van der Waals surface area contributed by atoms with Crippen LogP contribution in [0.2, 0.25) is 0 Å². The van der Waals surface area contributed by atoms with Crippen molar-refractivity contribution >= 4 is 22.8 Å². The molecule has 0 saturated heterocycles. The predicted octanol–water partition coefficient (Wildman–Crippen LogP) is 2.97. The standard InChI is InChI=1S/C27H29N5O4/c1-35-16-15-31(25(33)19-32-24-14-7-6-13-23(24)29-30-32)26(21-11-8-12-22(17-21)36-2)27(34)28-18-20-9-4-3-5-10-20/h3-14,17,26H,15-16,18-19H2,1-2H3,(H,28,34)/t26-/m0/s1. The van der Waals surface area contributed by atoms with Crippen molar-refractivity contribution in [2.24, 2.45) is 0 Å². The zero-order valence-corrected chi connectivity index (χ0v) is 20.3. The van der Waals surface area contributed by atoms with E-state index in [1.165, 1.54) is 4.90 Å². The molecule has 1 heterocycles. The molecule has 0 radical (unpaired) electrons. The summed E-state index contributed by atoms with van der Waals surface area (Å²) in [5.74, 6) is 0.000150. The molecule has 0 unspecified atom stereocenters. The average molecular weight is 488 g/mol. The van der Waals surface area contributed by atoms with Gasteiger partial charge in [0.05, 0.1) is 19.2 Å². The summed E-state index contributed by atoms with van der Waals surface area (Å²) in [6.07, 6.45) is 0. The summed E-state index contributed by atoms with van der Waals surface area (Å²) >= 11 is 0. The number of nitrogens with zero attached hydrogens (tertiary/aromatic N) is 4. The second-order valence-electron chi connectivity index (χ2n) is 8.20. The molecule has 1 aromatic heterocycles. The number of rotatable bonds is 11. The lowest BCUT2D eigenvalue weighted by Crippen LogP contribution is -2.46. The number of hydrogen-bond donors (Lipinski definition) is 1. The van der Waals surface area contributed by atoms with E-state index in [0.29, 0.717) is 23.4 Å². The third-order valence-corrected chi connectivity index (χ3v) is 5.84. The van der Waals surface area contributed by atoms with Crippen molar-refractivity contribution in [3.05, 3.63) is 90.0 Å². The fraction of sp³-hybridized carbons (Fsp3) is 0.259. The number of carbonyl (C=O) groups excluding carboxylic acids is 2. The summed E-state index contributed by atoms with van der Waals surface area (Å²) in [5, 5.41) is 11.3. The maximum atomic E-state index is 13.7. The second kappa shape index (κ2) is 11.9. The van der Waals surface area contributed by atoms with Crippen molar-refractivity contribution in [2.75, 3.05) is 27.4 Å². The molecule has 4 aromatic rings. The first-order valence-electron chi connectivity index (χ1n) is 11.6. The van der Waals surface area contributed by atoms with Gasteiger partial charge in [0.25, 0.3) is 0 Å². The Bertz CT molecular complexity index is 1310. The number of para-hydroxylation sites is 1. The SMILES string of the molecule is COCCN(C(=O)Cn1nnc2ccccc21)[C@H](C(=O)NCc1ccccc1)c1cccc(OC)c1. The lowest BCUT2D eigenvalue weighted by atomic mass is 10.0. The number of ether oxygens (including phenoxy) is 2. The highest BCUT2D eigenvalue weighted by atomic mass is 16.5. The number of fused-ring (bicyclic) bond motifs is 1. The van der Waals surface area contributed by atoms with Crippen LogP contribution < -0.4 is 10.1 Å². The van der Waals surface area contributed by atoms with Crippen molar-refractivity contribution in [1.82, 2.24) is 25.2 Å². The van der Waals surface area contributed by atoms with Gasteiger partial charge in [-0.05, 0) is 35.4 Å². The van der Waals surface area contributed by atoms with Crippen molar-refractivity contribution < 1.29 is 19.1 Å². The first-order valence-corrected chi connectivity index (χ1v) is 11.6. The van der Waals surface area contributed by atoms with E-state index in [9.17, 15) is 9.59 Å². The van der Waals surface area contributed by atoms with Gasteiger partial charge in [-0.2, -0.15) is 0 Å². The summed E-state index contributed by atoms with van der Waals surface area (Å²) in [5.41, 5.74) is 3.02. The topological polar surface area (TPSA) is 98.6 Å². The number of amides is 2. The zero-order chi connectivity index (χ0) is 25.3. The van der Waals surface area contributed by atoms with E-state index in [4.69, 9.17) is 9.47 Å². The Kier molecular flexibility index (Phi) is 8.25. The molecular formula is C27H29N5O4. The minimum atomic E-state index is -0.902. The van der Waals surface area contributed by atoms with Crippen LogP contribution in [0.4, 0.5) is 0 Å². The van der Waals surface area contributed by atoms with Crippen LogP contribution in [-0.2, 0) is 27.4 Å². The summed E-state index contributed by atoms with van der Waals surface area (Å²) < 4.78 is 12.2. The Labute approximate surface area is 209 Å². The molecule has 0 fully saturated rings. The molecule has 36 heavy (non-hydrogen) atoms. The van der Waals surface area contributed by atoms with Crippen LogP contribution in [0.5, 0.6) is 5.75 Å². The smallest absolute Gasteiger partial charge is 0.247 e. The average Bonchev–Trinajstić information content (AvgIpc) is 3.32. The Balaban J connectivity index is 1.66. The summed E-state index contributed by atoms with van der Waals surface area (Å²) in [6, 6.07) is 23.3. The Morgan fingerprint density at radius 1 is 1.00 bits per heavy atom. The molecular weight excluding hydrogens is 458 g/mol. The maximum absolute atomic E-state index is 13.7. The van der Waals surface area contributed by atoms with Gasteiger partial charge < -0.3 is 19.7 Å². The van der Waals surface area contributed by atoms with E-state index < -0.39 is 6.04 Å². The van der Waals surface area contributed by atoms with Crippen LogP contribution in [0, 0.1) is 0 Å². The Hall–Kier alpha value is -4.24. The van der Waals surface area contributed by atoms with Crippen LogP contribution in [0.25, 0.3) is 11.0 Å². The van der Waals surface area contributed by atoms with Crippen molar-refractivity contribution in [3.8, 4) is 5.75 Å². The number of aromatic nitrogens is 3. The van der Waals surface area contributed by atoms with Crippen LogP contribution >= 0.6 is 0 Å². The van der Waals surface area contributed by atoms with Gasteiger partial charge in [-0.25, -0.2) is 4.68 Å². The van der Waals surface area contributed by atoms with E-state index in [2.05, 4.69) is 15.6 Å². The largest absolute Gasteiger partial charge is 0.497 e. The van der Waals surface area contributed by atoms with Crippen molar-refractivity contribution in [1.29, 1.82) is 0 Å². The van der Waals surface area contributed by atoms with Gasteiger partial charge in [0.1, 0.15) is 23.9 Å². The van der Waals surface area contributed by atoms with E-state index in [1.807, 2.05) is 60.7 Å². The van der Waals surface area contributed by atoms with Gasteiger partial charge in [0.2, 0.25) is 11.8 Å². The molecule has 9 heteroatoms. The highest BCUT2D eigenvalue weighted by Crippen LogP contribution is 2.26. The van der Waals surface area contributed by atoms with E-state index in [-0.39, 0.29) is 31.5 Å². The summed E-state index contributed by atoms with van der Waals surface area (Å²) in [7, 11) is 3.12. The highest BCUT2D eigenvalue weighted by Gasteiger charge is 2.32. The van der Waals surface area contributed by atoms with Gasteiger partial charge in [-0.1, -0.05) is 59.8 Å². The molecule has 2 amide bonds. The van der Waals surface area contributed by atoms with E-state index >= 15 is 0 Å². The number of nitrogens with one attached hydrogen (secondary N) is 1. The summed E-state index contributed by atoms with van der Waals surface area (Å²) in [6.45, 7) is 0.732. The van der Waals surface area contributed by atoms with Crippen LogP contribution in [0.3, 0.4) is 0 Å². The molecule has 0 aliphatic carbocycles. The first-order chi connectivity index (χ1) is 17.6. The van der Waals surface area contributed by atoms with E-state index in [1.54, 1.807) is 37.1 Å². The van der Waals surface area contributed by atoms with Crippen molar-refractivity contribution in [3.63, 3.8) is 0 Å². The molecule has 186 valence electrons. The third-order valence-electron chi connectivity index (χ3n) is 5.84. The number of methoxy groups -OCH3 is 2. The molecule has 0 aliphatic rings. The number of benzene rings is 3. The normalized spacial score (nSPS) is 11.7. The number of carbonyl (C=O) groups is 2. The van der Waals surface area contributed by atoms with Gasteiger partial charge in [0, 0.05) is 20.2 Å². The molecule has 4 rings (SSSR count). The molecule has 0 aliphatic heterocycles. The fourth-order valence-corrected chi connectivity index (χ4v) is 4.01. The monoisotopic (exact) mass is 487 g/mol. The first kappa shape index (κ1) is 24.9. The van der Waals surface area contributed by atoms with Gasteiger partial charge in [0.15, 0.2) is 0 Å². The quantitative estimate of drug-likeness (QED) is 0.349. The summed E-state index contributed by atoms with van der Waals surface area (Å²) in [4.78, 5) is 28.8. The zero-order valence-electron chi connectivity index (χ0n) is 20.3. The molecule has 1 atom stereocenters. The molecule has 0 bridgehead atoms. The molecule has 9 nitrogen and oxygen atoms in total. The lowest BCUT2D eigenvalue weighted by Gasteiger charge is -2.31. The third kappa shape index (κ3) is 5.87. The van der Waals surface area contributed by atoms with Crippen LogP contribution in [-0.4, -0.2) is 59.1 Å². The Morgan fingerprint density at radius 2 is 1.78 bits per heavy atom. The second-order valence-corrected chi connectivity index (χ2v) is 8.20. The van der Waals surface area contributed by atoms with Gasteiger partial charge in [-0.15, -0.1) is 5.10 Å². The van der Waals surface area contributed by atoms with Crippen LogP contribution in [0.1, 0.15) is 17.2 Å². The Morgan fingerprint density at radius 3 is 2.56 bits per heavy atom. The predicted molar refractivity (Wildman–Crippen MR) is 135 cm³/mol. The van der Waals surface area contributed by atoms with Crippen molar-refractivity contribution in [2.45, 2.75) is 19.1 Å². The van der Waals surface area contributed by atoms with Gasteiger partial charge in [-0.3, -0.25) is 9.59 Å². The van der Waals surface area contributed by atoms with Gasteiger partial charge >= 0.3 is 0 Å². The fourth-order valence-electron chi connectivity index (χ4n) is 4.01. The lowest BCUT2D eigenvalue weighted by molar-refractivity contribution is -0.142. The minimum Gasteiger partial charge on any atom is -0.497 e. The van der Waals surface area contributed by atoms with E-state index in [0.717, 1.165) is 11.1 Å². The molecule has 3 aromatic carbocycles. The highest BCUT2D eigenvalue weighted by molar-refractivity contribution is 5.89. The minimum absolute atomic E-state index is 0.0728. The molecule has 1 N–H and O–H groups in total. The van der Waals surface area contributed by atoms with Crippen LogP contribution in [0.15, 0.2) is 78.9 Å². The number of hydrogen-bond acceptors (Lipinski definition) is 6. The molecule has 0 saturated carbocycles. The molecule has 0 spiro atoms. The maximum Gasteiger partial charge on any atom is 0.247 e.